The summed E-state index contributed by atoms with van der Waals surface area (Å²) in [4.78, 5) is 21.5. The molecule has 0 unspecified atom stereocenters. The molecule has 0 spiro atoms. The van der Waals surface area contributed by atoms with Crippen molar-refractivity contribution in [3.63, 3.8) is 0 Å². The Hall–Kier alpha value is -3.13. The van der Waals surface area contributed by atoms with Crippen molar-refractivity contribution in [3.8, 4) is 11.3 Å². The number of nitrogens with zero attached hydrogens (tertiary/aromatic N) is 4. The number of aromatic nitrogens is 4. The van der Waals surface area contributed by atoms with Crippen molar-refractivity contribution >= 4 is 5.78 Å². The van der Waals surface area contributed by atoms with E-state index in [9.17, 15) is 18.7 Å². The number of ketones is 1. The van der Waals surface area contributed by atoms with Crippen LogP contribution >= 0.6 is 0 Å². The largest absolute Gasteiger partial charge is 0.393 e. The lowest BCUT2D eigenvalue weighted by Gasteiger charge is -2.37. The molecule has 6 nitrogen and oxygen atoms in total. The number of aliphatic hydroxyl groups excluding tert-OH is 1. The highest BCUT2D eigenvalue weighted by Crippen LogP contribution is 2.69. The molecule has 176 valence electrons. The first-order valence-electron chi connectivity index (χ1n) is 11.5. The summed E-state index contributed by atoms with van der Waals surface area (Å²) < 4.78 is 28.9. The van der Waals surface area contributed by atoms with Gasteiger partial charge in [-0.1, -0.05) is 19.9 Å². The van der Waals surface area contributed by atoms with Gasteiger partial charge in [-0.05, 0) is 67.3 Å². The molecule has 2 aliphatic rings. The molecule has 0 aliphatic heterocycles. The van der Waals surface area contributed by atoms with Gasteiger partial charge in [0.1, 0.15) is 11.6 Å². The topological polar surface area (TPSA) is 88.9 Å². The molecule has 2 bridgehead atoms. The molecule has 1 fully saturated rings. The standard InChI is InChI=1S/C26H26F2N4O2/c1-14(33)7-8-20(34)24-29-12-10-21(30-24)26-11-9-16(25(26,2)3)15-13-19(31-32-23(15)26)22-17(27)5-4-6-18(22)28/h4-6,10,12-14,16,33H,7-9,11H2,1-3H3/t14-,16+,26+/m1/s1. The Bertz CT molecular complexity index is 1270. The fourth-order valence-electron chi connectivity index (χ4n) is 5.94. The molecule has 1 saturated carbocycles. The van der Waals surface area contributed by atoms with Gasteiger partial charge < -0.3 is 5.11 Å². The molecular weight excluding hydrogens is 438 g/mol. The van der Waals surface area contributed by atoms with Crippen molar-refractivity contribution in [2.24, 2.45) is 5.41 Å². The van der Waals surface area contributed by atoms with Crippen molar-refractivity contribution < 1.29 is 18.7 Å². The maximum Gasteiger partial charge on any atom is 0.200 e. The maximum absolute atomic E-state index is 14.4. The van der Waals surface area contributed by atoms with Gasteiger partial charge in [0.05, 0.1) is 34.2 Å². The third-order valence-corrected chi connectivity index (χ3v) is 7.73. The Labute approximate surface area is 196 Å². The first-order chi connectivity index (χ1) is 16.2. The molecule has 34 heavy (non-hydrogen) atoms. The van der Waals surface area contributed by atoms with E-state index >= 15 is 0 Å². The van der Waals surface area contributed by atoms with E-state index < -0.39 is 23.2 Å². The van der Waals surface area contributed by atoms with E-state index in [1.54, 1.807) is 19.2 Å². The Morgan fingerprint density at radius 3 is 2.65 bits per heavy atom. The fraction of sp³-hybridized carbons (Fsp3) is 0.423. The molecule has 3 atom stereocenters. The number of carbonyl (C=O) groups is 1. The van der Waals surface area contributed by atoms with Crippen LogP contribution in [0, 0.1) is 17.0 Å². The lowest BCUT2D eigenvalue weighted by molar-refractivity contribution is 0.0938. The summed E-state index contributed by atoms with van der Waals surface area (Å²) in [5.41, 5.74) is 1.47. The average molecular weight is 465 g/mol. The van der Waals surface area contributed by atoms with Crippen molar-refractivity contribution in [1.82, 2.24) is 20.2 Å². The number of halogens is 2. The number of carbonyl (C=O) groups excluding carboxylic acids is 1. The third kappa shape index (κ3) is 3.19. The Morgan fingerprint density at radius 2 is 1.94 bits per heavy atom. The van der Waals surface area contributed by atoms with Crippen LogP contribution in [0.15, 0.2) is 36.5 Å². The van der Waals surface area contributed by atoms with Gasteiger partial charge in [-0.25, -0.2) is 18.7 Å². The van der Waals surface area contributed by atoms with Gasteiger partial charge in [0.2, 0.25) is 0 Å². The van der Waals surface area contributed by atoms with Gasteiger partial charge >= 0.3 is 0 Å². The van der Waals surface area contributed by atoms with Crippen LogP contribution in [-0.4, -0.2) is 37.2 Å². The normalized spacial score (nSPS) is 23.1. The van der Waals surface area contributed by atoms with Crippen LogP contribution in [0.4, 0.5) is 8.78 Å². The Morgan fingerprint density at radius 1 is 1.21 bits per heavy atom. The summed E-state index contributed by atoms with van der Waals surface area (Å²) in [7, 11) is 0. The SMILES string of the molecule is C[C@@H](O)CCC(=O)c1nccc([C@@]23CC[C@@H](c4cc(-c5c(F)cccc5F)nnc42)C3(C)C)n1. The fourth-order valence-corrected chi connectivity index (χ4v) is 5.94. The summed E-state index contributed by atoms with van der Waals surface area (Å²) in [6.45, 7) is 5.93. The second-order valence-corrected chi connectivity index (χ2v) is 9.92. The molecule has 2 heterocycles. The van der Waals surface area contributed by atoms with Gasteiger partial charge in [0.25, 0.3) is 0 Å². The van der Waals surface area contributed by atoms with Gasteiger partial charge in [0.15, 0.2) is 11.6 Å². The zero-order chi connectivity index (χ0) is 24.3. The molecule has 1 aromatic carbocycles. The quantitative estimate of drug-likeness (QED) is 0.529. The number of hydrogen-bond acceptors (Lipinski definition) is 6. The predicted molar refractivity (Wildman–Crippen MR) is 121 cm³/mol. The summed E-state index contributed by atoms with van der Waals surface area (Å²) >= 11 is 0. The number of benzene rings is 1. The minimum Gasteiger partial charge on any atom is -0.393 e. The highest BCUT2D eigenvalue weighted by atomic mass is 19.1. The van der Waals surface area contributed by atoms with E-state index in [4.69, 9.17) is 0 Å². The minimum atomic E-state index is -0.678. The molecule has 2 aliphatic carbocycles. The number of rotatable bonds is 6. The van der Waals surface area contributed by atoms with Crippen LogP contribution in [-0.2, 0) is 5.41 Å². The molecule has 1 N–H and O–H groups in total. The lowest BCUT2D eigenvalue weighted by atomic mass is 9.66. The highest BCUT2D eigenvalue weighted by molar-refractivity contribution is 5.92. The van der Waals surface area contributed by atoms with E-state index in [2.05, 4.69) is 34.0 Å². The van der Waals surface area contributed by atoms with E-state index in [1.165, 1.54) is 18.2 Å². The molecule has 0 amide bonds. The van der Waals surface area contributed by atoms with Gasteiger partial charge in [0, 0.05) is 12.6 Å². The Kier molecular flexibility index (Phi) is 5.31. The first kappa shape index (κ1) is 22.7. The van der Waals surface area contributed by atoms with E-state index in [1.807, 2.05) is 6.07 Å². The molecule has 3 aromatic rings. The van der Waals surface area contributed by atoms with Crippen molar-refractivity contribution in [3.05, 3.63) is 70.9 Å². The first-order valence-corrected chi connectivity index (χ1v) is 11.5. The van der Waals surface area contributed by atoms with Crippen LogP contribution in [0.1, 0.15) is 79.9 Å². The molecule has 5 rings (SSSR count). The minimum absolute atomic E-state index is 0.107. The van der Waals surface area contributed by atoms with E-state index in [0.717, 1.165) is 24.1 Å². The smallest absolute Gasteiger partial charge is 0.200 e. The van der Waals surface area contributed by atoms with E-state index in [0.29, 0.717) is 12.1 Å². The summed E-state index contributed by atoms with van der Waals surface area (Å²) in [6.07, 6.45) is 3.15. The van der Waals surface area contributed by atoms with Crippen LogP contribution in [0.5, 0.6) is 0 Å². The van der Waals surface area contributed by atoms with Crippen molar-refractivity contribution in [2.45, 2.75) is 63.9 Å². The Balaban J connectivity index is 1.61. The molecular formula is C26H26F2N4O2. The van der Waals surface area contributed by atoms with Gasteiger partial charge in [-0.3, -0.25) is 4.79 Å². The van der Waals surface area contributed by atoms with Crippen LogP contribution in [0.2, 0.25) is 0 Å². The summed E-state index contributed by atoms with van der Waals surface area (Å²) in [5, 5.41) is 18.3. The van der Waals surface area contributed by atoms with Crippen molar-refractivity contribution in [2.75, 3.05) is 0 Å². The van der Waals surface area contributed by atoms with Gasteiger partial charge in [-0.15, -0.1) is 5.10 Å². The number of fused-ring (bicyclic) bond motifs is 5. The summed E-state index contributed by atoms with van der Waals surface area (Å²) in [6, 6.07) is 7.32. The molecule has 8 heteroatoms. The van der Waals surface area contributed by atoms with Crippen molar-refractivity contribution in [1.29, 1.82) is 0 Å². The predicted octanol–water partition coefficient (Wildman–Crippen LogP) is 4.76. The van der Waals surface area contributed by atoms with E-state index in [-0.39, 0.29) is 40.6 Å². The number of hydrogen-bond donors (Lipinski definition) is 1. The van der Waals surface area contributed by atoms with Gasteiger partial charge in [-0.2, -0.15) is 5.10 Å². The highest BCUT2D eigenvalue weighted by Gasteiger charge is 2.65. The van der Waals surface area contributed by atoms with Crippen LogP contribution < -0.4 is 0 Å². The number of aliphatic hydroxyl groups is 1. The molecule has 0 radical (unpaired) electrons. The third-order valence-electron chi connectivity index (χ3n) is 7.73. The zero-order valence-corrected chi connectivity index (χ0v) is 19.3. The molecule has 2 aromatic heterocycles. The monoisotopic (exact) mass is 464 g/mol. The maximum atomic E-state index is 14.4. The molecule has 0 saturated heterocycles. The second kappa shape index (κ2) is 7.98. The van der Waals surface area contributed by atoms with Crippen LogP contribution in [0.25, 0.3) is 11.3 Å². The summed E-state index contributed by atoms with van der Waals surface area (Å²) in [5.74, 6) is -1.35. The average Bonchev–Trinajstić information content (AvgIpc) is 3.18. The second-order valence-electron chi connectivity index (χ2n) is 9.92. The number of Topliss-reactive ketones (excluding diaryl/α,β-unsaturated/α-hetero) is 1. The van der Waals surface area contributed by atoms with Crippen LogP contribution in [0.3, 0.4) is 0 Å². The zero-order valence-electron chi connectivity index (χ0n) is 19.3. The lowest BCUT2D eigenvalue weighted by Crippen LogP contribution is -2.38.